The molecule has 0 aromatic heterocycles. The van der Waals surface area contributed by atoms with Crippen molar-refractivity contribution in [3.8, 4) is 5.75 Å². The van der Waals surface area contributed by atoms with Crippen LogP contribution in [0.4, 0.5) is 0 Å². The Labute approximate surface area is 72.1 Å². The predicted octanol–water partition coefficient (Wildman–Crippen LogP) is 2.12. The molecule has 1 aliphatic rings. The van der Waals surface area contributed by atoms with Crippen molar-refractivity contribution in [1.82, 2.24) is 0 Å². The number of aryl methyl sites for hydroxylation is 1. The average Bonchev–Trinajstić information content (AvgIpc) is 2.00. The van der Waals surface area contributed by atoms with Crippen LogP contribution >= 0.6 is 0 Å². The van der Waals surface area contributed by atoms with Gasteiger partial charge >= 0.3 is 0 Å². The van der Waals surface area contributed by atoms with E-state index in [1.165, 1.54) is 5.56 Å². The second-order valence-corrected chi connectivity index (χ2v) is 3.02. The summed E-state index contributed by atoms with van der Waals surface area (Å²) in [5.41, 5.74) is 1.25. The molecule has 0 radical (unpaired) electrons. The fraction of sp³-hybridized carbons (Fsp3) is 0.400. The lowest BCUT2D eigenvalue weighted by Crippen LogP contribution is -2.32. The van der Waals surface area contributed by atoms with Gasteiger partial charge in [0, 0.05) is 6.42 Å². The number of hydrogen-bond acceptors (Lipinski definition) is 2. The van der Waals surface area contributed by atoms with Crippen molar-refractivity contribution in [3.05, 3.63) is 29.8 Å². The highest BCUT2D eigenvalue weighted by Crippen LogP contribution is 2.18. The normalized spacial score (nSPS) is 21.6. The highest BCUT2D eigenvalue weighted by molar-refractivity contribution is 5.26. The minimum absolute atomic E-state index is 0.00675. The van der Waals surface area contributed by atoms with Crippen LogP contribution in [0.15, 0.2) is 24.3 Å². The van der Waals surface area contributed by atoms with Crippen LogP contribution in [0.1, 0.15) is 12.0 Å². The number of rotatable bonds is 2. The van der Waals surface area contributed by atoms with Crippen LogP contribution in [0.5, 0.6) is 5.75 Å². The number of hydrogen-bond donors (Lipinski definition) is 0. The Morgan fingerprint density at radius 3 is 2.50 bits per heavy atom. The van der Waals surface area contributed by atoms with Gasteiger partial charge in [-0.25, -0.2) is 0 Å². The molecule has 12 heavy (non-hydrogen) atoms. The molecule has 1 aliphatic heterocycles. The second kappa shape index (κ2) is 3.15. The molecule has 1 atom stereocenters. The molecule has 1 fully saturated rings. The van der Waals surface area contributed by atoms with Gasteiger partial charge in [0.2, 0.25) is 6.29 Å². The Morgan fingerprint density at radius 1 is 1.33 bits per heavy atom. The first-order valence-corrected chi connectivity index (χ1v) is 4.19. The summed E-state index contributed by atoms with van der Waals surface area (Å²) in [6.07, 6.45) is 1.00. The Balaban J connectivity index is 1.98. The first-order valence-electron chi connectivity index (χ1n) is 4.19. The highest BCUT2D eigenvalue weighted by Gasteiger charge is 2.19. The molecule has 2 heteroatoms. The summed E-state index contributed by atoms with van der Waals surface area (Å²) in [7, 11) is 0. The van der Waals surface area contributed by atoms with Gasteiger partial charge in [0.1, 0.15) is 5.75 Å². The molecule has 2 rings (SSSR count). The molecular weight excluding hydrogens is 152 g/mol. The zero-order valence-corrected chi connectivity index (χ0v) is 7.12. The van der Waals surface area contributed by atoms with E-state index in [1.807, 2.05) is 24.3 Å². The van der Waals surface area contributed by atoms with Crippen molar-refractivity contribution in [1.29, 1.82) is 0 Å². The molecule has 1 aromatic carbocycles. The van der Waals surface area contributed by atoms with Crippen LogP contribution in [0.2, 0.25) is 0 Å². The van der Waals surface area contributed by atoms with Crippen LogP contribution in [0, 0.1) is 6.92 Å². The molecule has 0 saturated carbocycles. The van der Waals surface area contributed by atoms with Crippen molar-refractivity contribution in [2.45, 2.75) is 19.6 Å². The largest absolute Gasteiger partial charge is 0.465 e. The maximum atomic E-state index is 5.48. The van der Waals surface area contributed by atoms with Crippen molar-refractivity contribution >= 4 is 0 Å². The first-order chi connectivity index (χ1) is 5.84. The van der Waals surface area contributed by atoms with Crippen LogP contribution in [-0.2, 0) is 4.74 Å². The van der Waals surface area contributed by atoms with Gasteiger partial charge in [0.25, 0.3) is 0 Å². The molecule has 1 unspecified atom stereocenters. The smallest absolute Gasteiger partial charge is 0.202 e. The Bertz CT molecular complexity index is 249. The molecule has 0 aliphatic carbocycles. The lowest BCUT2D eigenvalue weighted by atomic mass is 10.2. The fourth-order valence-electron chi connectivity index (χ4n) is 1.08. The summed E-state index contributed by atoms with van der Waals surface area (Å²) in [5, 5.41) is 0. The third-order valence-corrected chi connectivity index (χ3v) is 1.95. The van der Waals surface area contributed by atoms with Crippen molar-refractivity contribution in [3.63, 3.8) is 0 Å². The van der Waals surface area contributed by atoms with E-state index in [9.17, 15) is 0 Å². The first kappa shape index (κ1) is 7.62. The van der Waals surface area contributed by atoms with Crippen LogP contribution < -0.4 is 4.74 Å². The van der Waals surface area contributed by atoms with Gasteiger partial charge in [0.15, 0.2) is 0 Å². The van der Waals surface area contributed by atoms with E-state index in [1.54, 1.807) is 0 Å². The van der Waals surface area contributed by atoms with E-state index in [0.717, 1.165) is 18.8 Å². The lowest BCUT2D eigenvalue weighted by Gasteiger charge is -2.26. The Kier molecular flexibility index (Phi) is 2.00. The van der Waals surface area contributed by atoms with Gasteiger partial charge < -0.3 is 9.47 Å². The van der Waals surface area contributed by atoms with E-state index in [-0.39, 0.29) is 6.29 Å². The van der Waals surface area contributed by atoms with E-state index in [4.69, 9.17) is 9.47 Å². The number of ether oxygens (including phenoxy) is 2. The average molecular weight is 164 g/mol. The van der Waals surface area contributed by atoms with Crippen LogP contribution in [0.25, 0.3) is 0 Å². The standard InChI is InChI=1S/C10H12O2/c1-8-2-4-9(5-3-8)12-10-6-7-11-10/h2-5,10H,6-7H2,1H3. The summed E-state index contributed by atoms with van der Waals surface area (Å²) in [6.45, 7) is 2.89. The van der Waals surface area contributed by atoms with E-state index >= 15 is 0 Å². The van der Waals surface area contributed by atoms with Gasteiger partial charge in [-0.15, -0.1) is 0 Å². The molecule has 1 aromatic rings. The molecule has 64 valence electrons. The monoisotopic (exact) mass is 164 g/mol. The molecular formula is C10H12O2. The minimum Gasteiger partial charge on any atom is -0.465 e. The second-order valence-electron chi connectivity index (χ2n) is 3.02. The molecule has 0 amide bonds. The molecule has 1 heterocycles. The summed E-state index contributed by atoms with van der Waals surface area (Å²) in [4.78, 5) is 0. The van der Waals surface area contributed by atoms with Crippen molar-refractivity contribution in [2.75, 3.05) is 6.61 Å². The maximum Gasteiger partial charge on any atom is 0.202 e. The quantitative estimate of drug-likeness (QED) is 0.666. The van der Waals surface area contributed by atoms with Gasteiger partial charge in [-0.1, -0.05) is 17.7 Å². The van der Waals surface area contributed by atoms with Gasteiger partial charge in [-0.05, 0) is 19.1 Å². The van der Waals surface area contributed by atoms with Crippen molar-refractivity contribution < 1.29 is 9.47 Å². The third-order valence-electron chi connectivity index (χ3n) is 1.95. The lowest BCUT2D eigenvalue weighted by molar-refractivity contribution is -0.165. The Hall–Kier alpha value is -1.02. The van der Waals surface area contributed by atoms with Crippen LogP contribution in [-0.4, -0.2) is 12.9 Å². The summed E-state index contributed by atoms with van der Waals surface area (Å²) < 4.78 is 10.6. The third kappa shape index (κ3) is 1.59. The van der Waals surface area contributed by atoms with E-state index in [2.05, 4.69) is 6.92 Å². The topological polar surface area (TPSA) is 18.5 Å². The summed E-state index contributed by atoms with van der Waals surface area (Å²) >= 11 is 0. The highest BCUT2D eigenvalue weighted by atomic mass is 16.7. The molecule has 0 spiro atoms. The SMILES string of the molecule is Cc1ccc(OC2CCO2)cc1. The van der Waals surface area contributed by atoms with E-state index < -0.39 is 0 Å². The van der Waals surface area contributed by atoms with E-state index in [0.29, 0.717) is 0 Å². The van der Waals surface area contributed by atoms with Gasteiger partial charge in [-0.2, -0.15) is 0 Å². The molecule has 0 N–H and O–H groups in total. The fourth-order valence-corrected chi connectivity index (χ4v) is 1.08. The number of benzene rings is 1. The van der Waals surface area contributed by atoms with Gasteiger partial charge in [0.05, 0.1) is 6.61 Å². The molecule has 2 nitrogen and oxygen atoms in total. The zero-order chi connectivity index (χ0) is 8.39. The Morgan fingerprint density at radius 2 is 2.00 bits per heavy atom. The zero-order valence-electron chi connectivity index (χ0n) is 7.12. The molecule has 1 saturated heterocycles. The van der Waals surface area contributed by atoms with Crippen LogP contribution in [0.3, 0.4) is 0 Å². The minimum atomic E-state index is -0.00675. The summed E-state index contributed by atoms with van der Waals surface area (Å²) in [6, 6.07) is 8.01. The predicted molar refractivity (Wildman–Crippen MR) is 46.2 cm³/mol. The van der Waals surface area contributed by atoms with Gasteiger partial charge in [-0.3, -0.25) is 0 Å². The molecule has 0 bridgehead atoms. The summed E-state index contributed by atoms with van der Waals surface area (Å²) in [5.74, 6) is 0.894. The maximum absolute atomic E-state index is 5.48. The van der Waals surface area contributed by atoms with Crippen molar-refractivity contribution in [2.24, 2.45) is 0 Å².